The summed E-state index contributed by atoms with van der Waals surface area (Å²) >= 11 is 0. The molecule has 1 aromatic carbocycles. The maximum atomic E-state index is 13.4. The lowest BCUT2D eigenvalue weighted by Gasteiger charge is -2.25. The summed E-state index contributed by atoms with van der Waals surface area (Å²) in [5.41, 5.74) is 8.74. The average molecular weight is 462 g/mol. The summed E-state index contributed by atoms with van der Waals surface area (Å²) in [6.07, 6.45) is 1.32. The fourth-order valence-corrected chi connectivity index (χ4v) is 4.54. The fourth-order valence-electron chi connectivity index (χ4n) is 4.54. The van der Waals surface area contributed by atoms with Gasteiger partial charge in [0, 0.05) is 23.1 Å². The predicted molar refractivity (Wildman–Crippen MR) is 127 cm³/mol. The third kappa shape index (κ3) is 4.43. The highest BCUT2D eigenvalue weighted by Crippen LogP contribution is 2.32. The minimum atomic E-state index is -1.79. The van der Waals surface area contributed by atoms with Crippen LogP contribution in [-0.4, -0.2) is 62.1 Å². The van der Waals surface area contributed by atoms with Gasteiger partial charge >= 0.3 is 0 Å². The Morgan fingerprint density at radius 1 is 1.18 bits per heavy atom. The smallest absolute Gasteiger partial charge is 0.249 e. The van der Waals surface area contributed by atoms with Crippen molar-refractivity contribution in [2.45, 2.75) is 38.4 Å². The van der Waals surface area contributed by atoms with Gasteiger partial charge in [-0.2, -0.15) is 0 Å². The molecule has 2 aromatic heterocycles. The number of aliphatic hydroxyl groups is 2. The fraction of sp³-hybridized carbons (Fsp3) is 0.360. The van der Waals surface area contributed by atoms with Crippen molar-refractivity contribution in [3.63, 3.8) is 0 Å². The van der Waals surface area contributed by atoms with Crippen molar-refractivity contribution in [2.24, 2.45) is 5.73 Å². The van der Waals surface area contributed by atoms with Gasteiger partial charge in [0.25, 0.3) is 0 Å². The highest BCUT2D eigenvalue weighted by Gasteiger charge is 2.28. The summed E-state index contributed by atoms with van der Waals surface area (Å²) in [5.74, 6) is -1.09. The first-order valence-electron chi connectivity index (χ1n) is 11.2. The summed E-state index contributed by atoms with van der Waals surface area (Å²) in [6, 6.07) is 8.53. The molecule has 176 valence electrons. The van der Waals surface area contributed by atoms with E-state index in [1.165, 1.54) is 12.6 Å². The molecule has 4 rings (SSSR count). The summed E-state index contributed by atoms with van der Waals surface area (Å²) < 4.78 is 1.84. The van der Waals surface area contributed by atoms with E-state index in [0.29, 0.717) is 34.5 Å². The number of carbonyl (C=O) groups excluding carboxylic acids is 2. The monoisotopic (exact) mass is 461 g/mol. The first-order valence-corrected chi connectivity index (χ1v) is 11.2. The van der Waals surface area contributed by atoms with Crippen LogP contribution in [0.2, 0.25) is 0 Å². The van der Waals surface area contributed by atoms with Crippen molar-refractivity contribution in [2.75, 3.05) is 19.6 Å². The number of aromatic nitrogens is 2. The van der Waals surface area contributed by atoms with Crippen LogP contribution in [0, 0.1) is 13.5 Å². The molecule has 0 saturated carbocycles. The summed E-state index contributed by atoms with van der Waals surface area (Å²) in [6.45, 7) is 11.1. The number of rotatable bonds is 7. The molecule has 34 heavy (non-hydrogen) atoms. The van der Waals surface area contributed by atoms with Gasteiger partial charge in [-0.1, -0.05) is 18.6 Å². The molecule has 3 aromatic rings. The van der Waals surface area contributed by atoms with Crippen LogP contribution in [0.5, 0.6) is 0 Å². The molecule has 1 saturated heterocycles. The van der Waals surface area contributed by atoms with Crippen molar-refractivity contribution in [1.29, 1.82) is 0 Å². The molecular weight excluding hydrogens is 434 g/mol. The Bertz CT molecular complexity index is 1270. The van der Waals surface area contributed by atoms with Gasteiger partial charge in [0.2, 0.25) is 5.91 Å². The van der Waals surface area contributed by atoms with Gasteiger partial charge < -0.3 is 20.5 Å². The molecule has 9 nitrogen and oxygen atoms in total. The number of primary amides is 1. The summed E-state index contributed by atoms with van der Waals surface area (Å²) in [7, 11) is 0. The topological polar surface area (TPSA) is 126 Å². The Morgan fingerprint density at radius 3 is 2.47 bits per heavy atom. The first-order chi connectivity index (χ1) is 16.3. The molecule has 2 unspecified atom stereocenters. The number of ketones is 1. The van der Waals surface area contributed by atoms with Crippen LogP contribution in [0.4, 0.5) is 5.69 Å². The standard InChI is InChI=1S/C25H27N5O4/c1-15-21(20(31)14-29-10-4-3-5-11-29)22-19(30(15)18-8-6-17(27-2)7-9-18)12-16(13-28-22)23(32)24(33)25(26)34/h6-9,12-13,23-24,32-33H,3-5,10-11,14H2,1H3,(H2,26,34). The van der Waals surface area contributed by atoms with Crippen LogP contribution in [0.25, 0.3) is 21.6 Å². The zero-order valence-corrected chi connectivity index (χ0v) is 18.9. The lowest BCUT2D eigenvalue weighted by molar-refractivity contribution is -0.131. The number of aliphatic hydroxyl groups excluding tert-OH is 2. The van der Waals surface area contributed by atoms with E-state index < -0.39 is 18.1 Å². The molecule has 9 heteroatoms. The molecule has 0 aliphatic carbocycles. The third-order valence-electron chi connectivity index (χ3n) is 6.33. The second kappa shape index (κ2) is 9.73. The normalized spacial score (nSPS) is 16.2. The quantitative estimate of drug-likeness (QED) is 0.366. The van der Waals surface area contributed by atoms with Gasteiger partial charge in [-0.15, -0.1) is 0 Å². The van der Waals surface area contributed by atoms with E-state index in [1.54, 1.807) is 30.3 Å². The number of hydrogen-bond acceptors (Lipinski definition) is 6. The largest absolute Gasteiger partial charge is 0.385 e. The van der Waals surface area contributed by atoms with E-state index >= 15 is 0 Å². The number of Topliss-reactive ketones (excluding diaryl/α,β-unsaturated/α-hetero) is 1. The van der Waals surface area contributed by atoms with E-state index in [4.69, 9.17) is 12.3 Å². The van der Waals surface area contributed by atoms with Crippen LogP contribution in [0.3, 0.4) is 0 Å². The Kier molecular flexibility index (Phi) is 6.75. The van der Waals surface area contributed by atoms with Crippen LogP contribution < -0.4 is 5.73 Å². The van der Waals surface area contributed by atoms with Gasteiger partial charge in [0.15, 0.2) is 17.6 Å². The van der Waals surface area contributed by atoms with E-state index in [-0.39, 0.29) is 11.3 Å². The van der Waals surface area contributed by atoms with Gasteiger partial charge in [-0.3, -0.25) is 19.5 Å². The molecule has 4 N–H and O–H groups in total. The van der Waals surface area contributed by atoms with Crippen molar-refractivity contribution in [3.05, 3.63) is 64.8 Å². The Morgan fingerprint density at radius 2 is 1.85 bits per heavy atom. The predicted octanol–water partition coefficient (Wildman–Crippen LogP) is 2.43. The van der Waals surface area contributed by atoms with E-state index in [1.807, 2.05) is 11.5 Å². The van der Waals surface area contributed by atoms with Gasteiger partial charge in [-0.25, -0.2) is 4.85 Å². The van der Waals surface area contributed by atoms with Crippen LogP contribution >= 0.6 is 0 Å². The number of likely N-dealkylation sites (tertiary alicyclic amines) is 1. The second-order valence-electron chi connectivity index (χ2n) is 8.61. The molecule has 1 aliphatic heterocycles. The van der Waals surface area contributed by atoms with Crippen molar-refractivity contribution < 1.29 is 19.8 Å². The van der Waals surface area contributed by atoms with E-state index in [2.05, 4.69) is 14.7 Å². The first kappa shape index (κ1) is 23.6. The Hall–Kier alpha value is -3.58. The molecule has 1 aliphatic rings. The highest BCUT2D eigenvalue weighted by atomic mass is 16.3. The SMILES string of the molecule is [C-]#[N+]c1ccc(-n2c(C)c(C(=O)CN3CCCCC3)c3ncc(C(O)C(O)C(N)=O)cc32)cc1. The Labute approximate surface area is 197 Å². The van der Waals surface area contributed by atoms with Crippen molar-refractivity contribution in [3.8, 4) is 5.69 Å². The number of nitrogens with zero attached hydrogens (tertiary/aromatic N) is 4. The number of fused-ring (bicyclic) bond motifs is 1. The minimum Gasteiger partial charge on any atom is -0.385 e. The number of nitrogens with two attached hydrogens (primary N) is 1. The summed E-state index contributed by atoms with van der Waals surface area (Å²) in [5, 5.41) is 20.4. The van der Waals surface area contributed by atoms with Crippen LogP contribution in [0.1, 0.15) is 47.0 Å². The second-order valence-corrected chi connectivity index (χ2v) is 8.61. The Balaban J connectivity index is 1.85. The highest BCUT2D eigenvalue weighted by molar-refractivity contribution is 6.09. The summed E-state index contributed by atoms with van der Waals surface area (Å²) in [4.78, 5) is 34.8. The molecule has 3 heterocycles. The molecule has 1 fully saturated rings. The molecule has 0 spiro atoms. The molecule has 0 radical (unpaired) electrons. The van der Waals surface area contributed by atoms with E-state index in [0.717, 1.165) is 31.6 Å². The van der Waals surface area contributed by atoms with Gasteiger partial charge in [-0.05, 0) is 51.1 Å². The average Bonchev–Trinajstić information content (AvgIpc) is 3.14. The number of benzene rings is 1. The van der Waals surface area contributed by atoms with Gasteiger partial charge in [0.05, 0.1) is 29.7 Å². The number of carbonyl (C=O) groups is 2. The van der Waals surface area contributed by atoms with Crippen LogP contribution in [-0.2, 0) is 4.79 Å². The number of amides is 1. The molecule has 0 bridgehead atoms. The lowest BCUT2D eigenvalue weighted by atomic mass is 10.0. The third-order valence-corrected chi connectivity index (χ3v) is 6.33. The van der Waals surface area contributed by atoms with Gasteiger partial charge in [0.1, 0.15) is 6.10 Å². The number of hydrogen-bond donors (Lipinski definition) is 3. The molecular formula is C25H27N5O4. The maximum Gasteiger partial charge on any atom is 0.249 e. The van der Waals surface area contributed by atoms with E-state index in [9.17, 15) is 19.8 Å². The van der Waals surface area contributed by atoms with Crippen molar-refractivity contribution >= 4 is 28.4 Å². The number of pyridine rings is 1. The molecule has 2 atom stereocenters. The zero-order chi connectivity index (χ0) is 24.4. The van der Waals surface area contributed by atoms with Crippen molar-refractivity contribution in [1.82, 2.24) is 14.5 Å². The minimum absolute atomic E-state index is 0.0427. The molecule has 1 amide bonds. The lowest BCUT2D eigenvalue weighted by Crippen LogP contribution is -2.34. The number of piperidine rings is 1. The maximum absolute atomic E-state index is 13.4. The van der Waals surface area contributed by atoms with Crippen LogP contribution in [0.15, 0.2) is 36.5 Å². The zero-order valence-electron chi connectivity index (χ0n) is 18.9.